The molecule has 2 bridgehead atoms. The van der Waals surface area contributed by atoms with E-state index in [1.807, 2.05) is 0 Å². The molecule has 3 N–H and O–H groups in total. The lowest BCUT2D eigenvalue weighted by Crippen LogP contribution is -2.64. The van der Waals surface area contributed by atoms with Crippen molar-refractivity contribution >= 4 is 17.9 Å². The smallest absolute Gasteiger partial charge is 0.481 e. The summed E-state index contributed by atoms with van der Waals surface area (Å²) in [4.78, 5) is 38.7. The topological polar surface area (TPSA) is 131 Å². The number of rotatable bonds is 13. The summed E-state index contributed by atoms with van der Waals surface area (Å²) in [5, 5.41) is 23.9. The zero-order chi connectivity index (χ0) is 31.9. The van der Waals surface area contributed by atoms with Gasteiger partial charge in [-0.1, -0.05) is 39.2 Å². The van der Waals surface area contributed by atoms with Crippen molar-refractivity contribution < 1.29 is 38.8 Å². The number of carboxylic acid groups (broad SMARTS) is 2. The number of fused-ring (bicyclic) bond motifs is 3. The molecule has 7 unspecified atom stereocenters. The number of ether oxygens (including phenoxy) is 3. The zero-order valence-corrected chi connectivity index (χ0v) is 27.5. The van der Waals surface area contributed by atoms with E-state index in [1.54, 1.807) is 6.08 Å². The average molecular weight is 630 g/mol. The van der Waals surface area contributed by atoms with Crippen molar-refractivity contribution in [3.8, 4) is 0 Å². The van der Waals surface area contributed by atoms with Crippen LogP contribution in [-0.2, 0) is 23.8 Å². The third-order valence-electron chi connectivity index (χ3n) is 12.5. The first-order chi connectivity index (χ1) is 21.6. The van der Waals surface area contributed by atoms with Crippen molar-refractivity contribution in [3.63, 3.8) is 0 Å². The van der Waals surface area contributed by atoms with Gasteiger partial charge in [-0.05, 0) is 106 Å². The lowest BCUT2D eigenvalue weighted by molar-refractivity contribution is -0.218. The standard InChI is InChI=1S/C36H55NO8/c1-4-5-6-13-37-28(21-7-8-21)18-44-33-25-17-43-19-36(16-30(33)45-35(41)42)26(25)12-11-23-24-10-9-22(14-20(2)3)31(34(39)40)32(24)29(38)15-27(23)36/h15,20-26,28,30-33,37H,4-14,16-19H2,1-3H3,(H,39,40)(H,41,42)/t22?,23?,24?,25?,26?,28?,30-,31-,32?,33-,36-/m1/s1. The molecule has 0 amide bonds. The lowest BCUT2D eigenvalue weighted by Gasteiger charge is -2.62. The highest BCUT2D eigenvalue weighted by Crippen LogP contribution is 2.64. The first-order valence-corrected chi connectivity index (χ1v) is 18.0. The number of carbonyl (C=O) groups excluding carboxylic acids is 1. The molecule has 0 spiro atoms. The molecule has 4 saturated carbocycles. The Morgan fingerprint density at radius 2 is 1.89 bits per heavy atom. The van der Waals surface area contributed by atoms with Crippen LogP contribution in [0.15, 0.2) is 11.6 Å². The van der Waals surface area contributed by atoms with E-state index in [0.717, 1.165) is 50.6 Å². The van der Waals surface area contributed by atoms with Gasteiger partial charge >= 0.3 is 12.1 Å². The Hall–Kier alpha value is -1.97. The van der Waals surface area contributed by atoms with Gasteiger partial charge in [0.1, 0.15) is 6.10 Å². The summed E-state index contributed by atoms with van der Waals surface area (Å²) in [6.07, 6.45) is 10.2. The fourth-order valence-corrected chi connectivity index (χ4v) is 10.6. The number of ketones is 1. The van der Waals surface area contributed by atoms with Crippen LogP contribution in [0.1, 0.15) is 91.4 Å². The van der Waals surface area contributed by atoms with Crippen LogP contribution in [0.2, 0.25) is 0 Å². The number of unbranched alkanes of at least 4 members (excludes halogenated alkanes) is 2. The summed E-state index contributed by atoms with van der Waals surface area (Å²) in [5.74, 6) is -0.744. The lowest BCUT2D eigenvalue weighted by atomic mass is 9.45. The Morgan fingerprint density at radius 1 is 1.09 bits per heavy atom. The molecule has 0 aromatic carbocycles. The second-order valence-electron chi connectivity index (χ2n) is 15.7. The molecule has 9 nitrogen and oxygen atoms in total. The predicted octanol–water partition coefficient (Wildman–Crippen LogP) is 5.95. The van der Waals surface area contributed by atoms with Crippen LogP contribution in [0.3, 0.4) is 0 Å². The SMILES string of the molecule is CCCCCNC(CO[C@@H]1C2COC[C@@]3(C[C@H]1OC(=O)O)C1=CC(=O)C4C(CCC(CC(C)C)[C@H]4C(=O)O)C1CCC23)C1CC1. The minimum atomic E-state index is -1.30. The molecule has 1 saturated heterocycles. The molecule has 5 fully saturated rings. The van der Waals surface area contributed by atoms with Gasteiger partial charge < -0.3 is 29.7 Å². The van der Waals surface area contributed by atoms with Gasteiger partial charge in [-0.3, -0.25) is 9.59 Å². The van der Waals surface area contributed by atoms with Gasteiger partial charge in [0.15, 0.2) is 5.78 Å². The van der Waals surface area contributed by atoms with Gasteiger partial charge in [0.05, 0.1) is 31.8 Å². The van der Waals surface area contributed by atoms with Crippen LogP contribution in [-0.4, -0.2) is 72.7 Å². The molecule has 9 heteroatoms. The van der Waals surface area contributed by atoms with Crippen LogP contribution in [0.25, 0.3) is 0 Å². The zero-order valence-electron chi connectivity index (χ0n) is 27.5. The van der Waals surface area contributed by atoms with Crippen molar-refractivity contribution in [2.45, 2.75) is 110 Å². The summed E-state index contributed by atoms with van der Waals surface area (Å²) in [6.45, 7) is 8.87. The molecule has 0 aromatic rings. The fourth-order valence-electron chi connectivity index (χ4n) is 10.6. The average Bonchev–Trinajstić information content (AvgIpc) is 3.82. The maximum Gasteiger partial charge on any atom is 0.506 e. The van der Waals surface area contributed by atoms with E-state index in [9.17, 15) is 24.6 Å². The van der Waals surface area contributed by atoms with Crippen LogP contribution < -0.4 is 5.32 Å². The van der Waals surface area contributed by atoms with Crippen molar-refractivity contribution in [2.24, 2.45) is 58.7 Å². The molecular weight excluding hydrogens is 574 g/mol. The maximum atomic E-state index is 14.0. The summed E-state index contributed by atoms with van der Waals surface area (Å²) >= 11 is 0. The highest BCUT2D eigenvalue weighted by Gasteiger charge is 2.64. The summed E-state index contributed by atoms with van der Waals surface area (Å²) in [6, 6.07) is 0.253. The van der Waals surface area contributed by atoms with E-state index < -0.39 is 41.6 Å². The third kappa shape index (κ3) is 6.47. The maximum absolute atomic E-state index is 14.0. The molecule has 45 heavy (non-hydrogen) atoms. The quantitative estimate of drug-likeness (QED) is 0.167. The Kier molecular flexibility index (Phi) is 9.99. The van der Waals surface area contributed by atoms with Gasteiger partial charge in [-0.15, -0.1) is 0 Å². The number of allylic oxidation sites excluding steroid dienone is 1. The largest absolute Gasteiger partial charge is 0.506 e. The third-order valence-corrected chi connectivity index (χ3v) is 12.5. The van der Waals surface area contributed by atoms with Gasteiger partial charge in [-0.25, -0.2) is 4.79 Å². The van der Waals surface area contributed by atoms with Crippen molar-refractivity contribution in [3.05, 3.63) is 11.6 Å². The Bertz CT molecular complexity index is 1130. The van der Waals surface area contributed by atoms with Crippen molar-refractivity contribution in [2.75, 3.05) is 26.4 Å². The van der Waals surface area contributed by atoms with Gasteiger partial charge in [0.2, 0.25) is 0 Å². The van der Waals surface area contributed by atoms with Crippen LogP contribution >= 0.6 is 0 Å². The molecule has 0 aromatic heterocycles. The Balaban J connectivity index is 1.26. The van der Waals surface area contributed by atoms with Crippen LogP contribution in [0.4, 0.5) is 4.79 Å². The molecule has 1 heterocycles. The van der Waals surface area contributed by atoms with Crippen molar-refractivity contribution in [1.29, 1.82) is 0 Å². The second-order valence-corrected chi connectivity index (χ2v) is 15.7. The molecule has 6 aliphatic rings. The van der Waals surface area contributed by atoms with E-state index in [-0.39, 0.29) is 41.4 Å². The second kappa shape index (κ2) is 13.6. The molecule has 1 aliphatic heterocycles. The summed E-state index contributed by atoms with van der Waals surface area (Å²) in [7, 11) is 0. The van der Waals surface area contributed by atoms with E-state index >= 15 is 0 Å². The van der Waals surface area contributed by atoms with E-state index in [0.29, 0.717) is 38.1 Å². The molecular formula is C36H55NO8. The number of carbonyl (C=O) groups is 3. The summed E-state index contributed by atoms with van der Waals surface area (Å²) < 4.78 is 18.7. The summed E-state index contributed by atoms with van der Waals surface area (Å²) in [5.41, 5.74) is 0.584. The monoisotopic (exact) mass is 629 g/mol. The number of hydrogen-bond donors (Lipinski definition) is 3. The molecule has 6 rings (SSSR count). The molecule has 252 valence electrons. The highest BCUT2D eigenvalue weighted by atomic mass is 16.7. The van der Waals surface area contributed by atoms with Crippen LogP contribution in [0.5, 0.6) is 0 Å². The van der Waals surface area contributed by atoms with E-state index in [1.165, 1.54) is 25.7 Å². The molecule has 5 aliphatic carbocycles. The molecule has 0 radical (unpaired) electrons. The van der Waals surface area contributed by atoms with E-state index in [4.69, 9.17) is 14.2 Å². The molecule has 11 atom stereocenters. The van der Waals surface area contributed by atoms with Crippen molar-refractivity contribution in [1.82, 2.24) is 5.32 Å². The van der Waals surface area contributed by atoms with E-state index in [2.05, 4.69) is 26.1 Å². The normalized spacial score (nSPS) is 39.7. The first-order valence-electron chi connectivity index (χ1n) is 18.0. The predicted molar refractivity (Wildman–Crippen MR) is 168 cm³/mol. The number of hydrogen-bond acceptors (Lipinski definition) is 7. The minimum absolute atomic E-state index is 0.00334. The van der Waals surface area contributed by atoms with Gasteiger partial charge in [0, 0.05) is 23.3 Å². The number of nitrogens with one attached hydrogen (secondary N) is 1. The van der Waals surface area contributed by atoms with Gasteiger partial charge in [0.25, 0.3) is 0 Å². The highest BCUT2D eigenvalue weighted by molar-refractivity contribution is 5.97. The first kappa shape index (κ1) is 33.0. The Morgan fingerprint density at radius 3 is 2.58 bits per heavy atom. The minimum Gasteiger partial charge on any atom is -0.481 e. The Labute approximate surface area is 268 Å². The number of aliphatic carboxylic acids is 1. The van der Waals surface area contributed by atoms with Crippen LogP contribution in [0, 0.1) is 58.7 Å². The fraction of sp³-hybridized carbons (Fsp3) is 0.861. The van der Waals surface area contributed by atoms with Gasteiger partial charge in [-0.2, -0.15) is 0 Å². The number of carboxylic acids is 1.